The molecule has 0 spiro atoms. The quantitative estimate of drug-likeness (QED) is 0.336. The van der Waals surface area contributed by atoms with Crippen LogP contribution >= 0.6 is 27.3 Å². The van der Waals surface area contributed by atoms with Crippen LogP contribution in [0.2, 0.25) is 0 Å². The third kappa shape index (κ3) is 6.16. The number of anilines is 1. The second-order valence-corrected chi connectivity index (χ2v) is 9.96. The number of rotatable bonds is 9. The lowest BCUT2D eigenvalue weighted by molar-refractivity contribution is -0.119. The van der Waals surface area contributed by atoms with Crippen molar-refractivity contribution in [1.82, 2.24) is 5.43 Å². The molecular weight excluding hydrogens is 502 g/mol. The van der Waals surface area contributed by atoms with Crippen molar-refractivity contribution in [1.29, 1.82) is 0 Å². The molecule has 0 saturated heterocycles. The first-order valence-electron chi connectivity index (χ1n) is 9.26. The number of benzene rings is 2. The first kappa shape index (κ1) is 23.0. The van der Waals surface area contributed by atoms with Gasteiger partial charge in [-0.2, -0.15) is 5.10 Å². The Labute approximate surface area is 193 Å². The zero-order valence-corrected chi connectivity index (χ0v) is 19.8. The molecule has 0 aliphatic carbocycles. The van der Waals surface area contributed by atoms with E-state index in [-0.39, 0.29) is 4.90 Å². The third-order valence-electron chi connectivity index (χ3n) is 4.05. The highest BCUT2D eigenvalue weighted by atomic mass is 79.9. The lowest BCUT2D eigenvalue weighted by Gasteiger charge is -2.24. The van der Waals surface area contributed by atoms with Crippen LogP contribution in [0.25, 0.3) is 0 Å². The molecule has 0 fully saturated rings. The molecule has 10 heteroatoms. The number of carbonyl (C=O) groups excluding carboxylic acids is 1. The molecule has 0 atom stereocenters. The fourth-order valence-corrected chi connectivity index (χ4v) is 4.89. The number of hydrazone groups is 1. The molecule has 3 rings (SSSR count). The molecule has 7 nitrogen and oxygen atoms in total. The zero-order valence-electron chi connectivity index (χ0n) is 16.6. The van der Waals surface area contributed by atoms with Crippen LogP contribution in [0.4, 0.5) is 5.69 Å². The van der Waals surface area contributed by atoms with Gasteiger partial charge in [0.2, 0.25) is 0 Å². The molecule has 1 aromatic heterocycles. The molecule has 3 aromatic rings. The maximum atomic E-state index is 13.3. The smallest absolute Gasteiger partial charge is 0.264 e. The summed E-state index contributed by atoms with van der Waals surface area (Å²) in [6.07, 6.45) is 1.51. The normalized spacial score (nSPS) is 11.4. The van der Waals surface area contributed by atoms with E-state index in [4.69, 9.17) is 4.74 Å². The second kappa shape index (κ2) is 10.6. The summed E-state index contributed by atoms with van der Waals surface area (Å²) in [5.41, 5.74) is 2.72. The number of carbonyl (C=O) groups is 1. The average molecular weight is 522 g/mol. The van der Waals surface area contributed by atoms with Gasteiger partial charge in [-0.1, -0.05) is 22.0 Å². The van der Waals surface area contributed by atoms with Gasteiger partial charge >= 0.3 is 0 Å². The summed E-state index contributed by atoms with van der Waals surface area (Å²) in [6, 6.07) is 16.5. The van der Waals surface area contributed by atoms with E-state index < -0.39 is 22.5 Å². The summed E-state index contributed by atoms with van der Waals surface area (Å²) in [7, 11) is -4.00. The first-order chi connectivity index (χ1) is 14.9. The van der Waals surface area contributed by atoms with Crippen LogP contribution in [0.1, 0.15) is 11.8 Å². The molecule has 0 unspecified atom stereocenters. The molecule has 0 saturated carbocycles. The Morgan fingerprint density at radius 3 is 2.48 bits per heavy atom. The number of halogens is 1. The number of nitrogens with one attached hydrogen (secondary N) is 1. The first-order valence-corrected chi connectivity index (χ1v) is 12.4. The highest BCUT2D eigenvalue weighted by molar-refractivity contribution is 9.10. The van der Waals surface area contributed by atoms with Gasteiger partial charge in [0.25, 0.3) is 15.9 Å². The number of nitrogens with zero attached hydrogens (tertiary/aromatic N) is 2. The molecule has 1 amide bonds. The summed E-state index contributed by atoms with van der Waals surface area (Å²) >= 11 is 4.77. The Morgan fingerprint density at radius 1 is 1.16 bits per heavy atom. The molecule has 31 heavy (non-hydrogen) atoms. The fourth-order valence-electron chi connectivity index (χ4n) is 2.62. The van der Waals surface area contributed by atoms with Gasteiger partial charge in [0.1, 0.15) is 12.3 Å². The van der Waals surface area contributed by atoms with Crippen molar-refractivity contribution in [3.63, 3.8) is 0 Å². The van der Waals surface area contributed by atoms with Crippen molar-refractivity contribution in [2.75, 3.05) is 17.5 Å². The number of ether oxygens (including phenoxy) is 1. The third-order valence-corrected chi connectivity index (χ3v) is 7.17. The number of hydrogen-bond acceptors (Lipinski definition) is 6. The van der Waals surface area contributed by atoms with E-state index in [0.29, 0.717) is 18.0 Å². The van der Waals surface area contributed by atoms with Gasteiger partial charge in [-0.25, -0.2) is 13.8 Å². The summed E-state index contributed by atoms with van der Waals surface area (Å²) < 4.78 is 33.8. The van der Waals surface area contributed by atoms with Crippen LogP contribution in [-0.4, -0.2) is 33.7 Å². The largest absolute Gasteiger partial charge is 0.494 e. The van der Waals surface area contributed by atoms with E-state index >= 15 is 0 Å². The highest BCUT2D eigenvalue weighted by Gasteiger charge is 2.27. The van der Waals surface area contributed by atoms with E-state index in [1.54, 1.807) is 36.4 Å². The standard InChI is InChI=1S/C21H20BrN3O4S2/c1-2-29-18-9-7-17(8-10-18)25(31(27,28)20-11-5-16(22)6-12-20)15-21(26)24-23-14-19-4-3-13-30-19/h3-14H,2,15H2,1H3,(H,24,26)/b23-14+. The summed E-state index contributed by atoms with van der Waals surface area (Å²) in [6.45, 7) is 1.91. The molecule has 0 aliphatic rings. The maximum Gasteiger partial charge on any atom is 0.264 e. The lowest BCUT2D eigenvalue weighted by Crippen LogP contribution is -2.39. The molecule has 2 aromatic carbocycles. The Hall–Kier alpha value is -2.69. The monoisotopic (exact) mass is 521 g/mol. The minimum Gasteiger partial charge on any atom is -0.494 e. The van der Waals surface area contributed by atoms with E-state index in [0.717, 1.165) is 13.7 Å². The van der Waals surface area contributed by atoms with Crippen molar-refractivity contribution >= 4 is 55.1 Å². The highest BCUT2D eigenvalue weighted by Crippen LogP contribution is 2.26. The number of amides is 1. The Bertz CT molecular complexity index is 1130. The van der Waals surface area contributed by atoms with Gasteiger partial charge in [0.15, 0.2) is 0 Å². The van der Waals surface area contributed by atoms with Gasteiger partial charge < -0.3 is 4.74 Å². The summed E-state index contributed by atoms with van der Waals surface area (Å²) in [5.74, 6) is 0.0413. The van der Waals surface area contributed by atoms with E-state index in [9.17, 15) is 13.2 Å². The van der Waals surface area contributed by atoms with Crippen molar-refractivity contribution in [3.05, 3.63) is 75.4 Å². The van der Waals surface area contributed by atoms with Gasteiger partial charge in [-0.05, 0) is 66.9 Å². The van der Waals surface area contributed by atoms with E-state index in [1.807, 2.05) is 24.4 Å². The van der Waals surface area contributed by atoms with Crippen LogP contribution in [0.5, 0.6) is 5.75 Å². The average Bonchev–Trinajstić information content (AvgIpc) is 3.27. The van der Waals surface area contributed by atoms with Crippen LogP contribution in [0.15, 0.2) is 80.5 Å². The predicted octanol–water partition coefficient (Wildman–Crippen LogP) is 4.25. The SMILES string of the molecule is CCOc1ccc(N(CC(=O)N/N=C/c2cccs2)S(=O)(=O)c2ccc(Br)cc2)cc1. The molecular formula is C21H20BrN3O4S2. The number of hydrogen-bond donors (Lipinski definition) is 1. The van der Waals surface area contributed by atoms with Crippen LogP contribution in [-0.2, 0) is 14.8 Å². The van der Waals surface area contributed by atoms with Crippen molar-refractivity contribution < 1.29 is 17.9 Å². The van der Waals surface area contributed by atoms with Crippen molar-refractivity contribution in [2.45, 2.75) is 11.8 Å². The summed E-state index contributed by atoms with van der Waals surface area (Å²) in [4.78, 5) is 13.4. The molecule has 1 heterocycles. The number of thiophene rings is 1. The minimum atomic E-state index is -4.00. The minimum absolute atomic E-state index is 0.0690. The molecule has 162 valence electrons. The fraction of sp³-hybridized carbons (Fsp3) is 0.143. The topological polar surface area (TPSA) is 88.1 Å². The number of sulfonamides is 1. The Morgan fingerprint density at radius 2 is 1.87 bits per heavy atom. The van der Waals surface area contributed by atoms with Gasteiger partial charge in [0, 0.05) is 9.35 Å². The van der Waals surface area contributed by atoms with Crippen LogP contribution in [0.3, 0.4) is 0 Å². The van der Waals surface area contributed by atoms with Gasteiger partial charge in [-0.3, -0.25) is 9.10 Å². The Balaban J connectivity index is 1.86. The van der Waals surface area contributed by atoms with Crippen molar-refractivity contribution in [2.24, 2.45) is 5.10 Å². The second-order valence-electron chi connectivity index (χ2n) is 6.20. The lowest BCUT2D eigenvalue weighted by atomic mass is 10.3. The molecule has 1 N–H and O–H groups in total. The molecule has 0 aliphatic heterocycles. The van der Waals surface area contributed by atoms with Gasteiger partial charge in [-0.15, -0.1) is 11.3 Å². The Kier molecular flexibility index (Phi) is 7.83. The van der Waals surface area contributed by atoms with E-state index in [2.05, 4.69) is 26.5 Å². The maximum absolute atomic E-state index is 13.3. The van der Waals surface area contributed by atoms with E-state index in [1.165, 1.54) is 29.7 Å². The van der Waals surface area contributed by atoms with Gasteiger partial charge in [0.05, 0.1) is 23.4 Å². The van der Waals surface area contributed by atoms with Crippen LogP contribution < -0.4 is 14.5 Å². The van der Waals surface area contributed by atoms with Crippen LogP contribution in [0, 0.1) is 0 Å². The molecule has 0 bridgehead atoms. The van der Waals surface area contributed by atoms with Crippen molar-refractivity contribution in [3.8, 4) is 5.75 Å². The predicted molar refractivity (Wildman–Crippen MR) is 126 cm³/mol. The molecule has 0 radical (unpaired) electrons. The summed E-state index contributed by atoms with van der Waals surface area (Å²) in [5, 5.41) is 5.79. The zero-order chi connectivity index (χ0) is 22.3.